The van der Waals surface area contributed by atoms with Crippen LogP contribution in [-0.2, 0) is 21.8 Å². The molecule has 9 heteroatoms. The van der Waals surface area contributed by atoms with Crippen molar-refractivity contribution in [1.29, 1.82) is 0 Å². The number of rotatable bonds is 9. The van der Waals surface area contributed by atoms with Crippen LogP contribution in [0.1, 0.15) is 43.2 Å². The molecule has 2 aromatic rings. The predicted octanol–water partition coefficient (Wildman–Crippen LogP) is 4.61. The van der Waals surface area contributed by atoms with E-state index >= 15 is 0 Å². The van der Waals surface area contributed by atoms with Crippen LogP contribution in [0.5, 0.6) is 0 Å². The molecular formula is C25H34Cl2N4O2S. The summed E-state index contributed by atoms with van der Waals surface area (Å²) in [5.41, 5.74) is 3.50. The van der Waals surface area contributed by atoms with E-state index in [0.717, 1.165) is 69.5 Å². The first kappa shape index (κ1) is 25.7. The van der Waals surface area contributed by atoms with Gasteiger partial charge in [-0.05, 0) is 73.9 Å². The highest BCUT2D eigenvalue weighted by molar-refractivity contribution is 7.89. The molecule has 1 aromatic heterocycles. The van der Waals surface area contributed by atoms with E-state index in [-0.39, 0.29) is 10.9 Å². The zero-order valence-corrected chi connectivity index (χ0v) is 21.8. The highest BCUT2D eigenvalue weighted by atomic mass is 35.5. The van der Waals surface area contributed by atoms with Crippen molar-refractivity contribution < 1.29 is 8.42 Å². The van der Waals surface area contributed by atoms with Gasteiger partial charge in [0.1, 0.15) is 4.90 Å². The van der Waals surface area contributed by atoms with Crippen LogP contribution in [0, 0.1) is 5.92 Å². The Hall–Kier alpha value is -1.38. The maximum Gasteiger partial charge on any atom is 0.242 e. The first-order valence-electron chi connectivity index (χ1n) is 12.1. The molecule has 6 nitrogen and oxygen atoms in total. The van der Waals surface area contributed by atoms with Gasteiger partial charge in [-0.2, -0.15) is 0 Å². The Morgan fingerprint density at radius 3 is 2.38 bits per heavy atom. The molecule has 1 saturated heterocycles. The molecule has 0 amide bonds. The fourth-order valence-electron chi connectivity index (χ4n) is 5.14. The summed E-state index contributed by atoms with van der Waals surface area (Å²) in [6.45, 7) is 5.20. The number of piperazine rings is 1. The number of sulfonamides is 1. The molecule has 0 radical (unpaired) electrons. The number of nitrogens with one attached hydrogen (secondary N) is 1. The quantitative estimate of drug-likeness (QED) is 0.485. The van der Waals surface area contributed by atoms with Crippen LogP contribution in [0.4, 0.5) is 5.69 Å². The number of benzene rings is 1. The normalized spacial score (nSPS) is 22.1. The number of aromatic nitrogens is 1. The van der Waals surface area contributed by atoms with Gasteiger partial charge in [0, 0.05) is 62.1 Å². The SMILES string of the molecule is O=S(=O)(NC1CCC(CCN2CCN(c3cccc(CCl)c3CCl)CC2)CC1)c1cccnc1. The van der Waals surface area contributed by atoms with Crippen molar-refractivity contribution in [3.8, 4) is 0 Å². The molecule has 186 valence electrons. The lowest BCUT2D eigenvalue weighted by Gasteiger charge is -2.38. The molecule has 1 aliphatic carbocycles. The number of alkyl halides is 2. The zero-order chi connectivity index (χ0) is 24.0. The molecule has 2 heterocycles. The smallest absolute Gasteiger partial charge is 0.242 e. The van der Waals surface area contributed by atoms with Crippen LogP contribution in [0.15, 0.2) is 47.6 Å². The minimum atomic E-state index is -3.49. The van der Waals surface area contributed by atoms with Crippen LogP contribution in [0.25, 0.3) is 0 Å². The number of hydrogen-bond acceptors (Lipinski definition) is 5. The van der Waals surface area contributed by atoms with E-state index in [1.165, 1.54) is 18.3 Å². The third-order valence-electron chi connectivity index (χ3n) is 7.21. The van der Waals surface area contributed by atoms with Gasteiger partial charge in [0.2, 0.25) is 10.0 Å². The fraction of sp³-hybridized carbons (Fsp3) is 0.560. The molecule has 4 rings (SSSR count). The van der Waals surface area contributed by atoms with Crippen LogP contribution in [0.3, 0.4) is 0 Å². The molecule has 0 atom stereocenters. The van der Waals surface area contributed by atoms with Gasteiger partial charge in [-0.3, -0.25) is 9.88 Å². The lowest BCUT2D eigenvalue weighted by Crippen LogP contribution is -2.47. The van der Waals surface area contributed by atoms with E-state index < -0.39 is 10.0 Å². The molecule has 1 aromatic carbocycles. The molecular weight excluding hydrogens is 491 g/mol. The van der Waals surface area contributed by atoms with E-state index in [2.05, 4.69) is 37.7 Å². The van der Waals surface area contributed by atoms with Crippen molar-refractivity contribution >= 4 is 38.9 Å². The van der Waals surface area contributed by atoms with Crippen molar-refractivity contribution in [3.05, 3.63) is 53.9 Å². The molecule has 0 spiro atoms. The van der Waals surface area contributed by atoms with Crippen molar-refractivity contribution in [2.24, 2.45) is 5.92 Å². The van der Waals surface area contributed by atoms with Gasteiger partial charge < -0.3 is 4.90 Å². The summed E-state index contributed by atoms with van der Waals surface area (Å²) in [6, 6.07) is 9.55. The Labute approximate surface area is 213 Å². The minimum absolute atomic E-state index is 0.0184. The molecule has 1 saturated carbocycles. The highest BCUT2D eigenvalue weighted by Crippen LogP contribution is 2.30. The molecule has 2 fully saturated rings. The summed E-state index contributed by atoms with van der Waals surface area (Å²) in [5, 5.41) is 0. The van der Waals surface area contributed by atoms with Crippen molar-refractivity contribution in [3.63, 3.8) is 0 Å². The molecule has 0 bridgehead atoms. The second-order valence-corrected chi connectivity index (χ2v) is 11.6. The second-order valence-electron chi connectivity index (χ2n) is 9.33. The standard InChI is InChI=1S/C25H34Cl2N4O2S/c26-17-21-3-1-5-25(24(21)18-27)31-15-13-30(14-16-31)12-10-20-6-8-22(9-7-20)29-34(32,33)23-4-2-11-28-19-23/h1-5,11,19-20,22,29H,6-10,12-18H2. The minimum Gasteiger partial charge on any atom is -0.369 e. The van der Waals surface area contributed by atoms with Gasteiger partial charge in [0.05, 0.1) is 0 Å². The average Bonchev–Trinajstić information content (AvgIpc) is 2.88. The molecule has 1 aliphatic heterocycles. The molecule has 1 N–H and O–H groups in total. The number of pyridine rings is 1. The van der Waals surface area contributed by atoms with E-state index in [1.807, 2.05) is 0 Å². The highest BCUT2D eigenvalue weighted by Gasteiger charge is 2.27. The summed E-state index contributed by atoms with van der Waals surface area (Å²) in [6.07, 6.45) is 8.11. The number of anilines is 1. The van der Waals surface area contributed by atoms with Gasteiger partial charge in [0.25, 0.3) is 0 Å². The third-order valence-corrected chi connectivity index (χ3v) is 9.27. The summed E-state index contributed by atoms with van der Waals surface area (Å²) in [7, 11) is -3.49. The van der Waals surface area contributed by atoms with E-state index in [0.29, 0.717) is 17.7 Å². The Kier molecular flexibility index (Phi) is 9.10. The van der Waals surface area contributed by atoms with Crippen LogP contribution in [0.2, 0.25) is 0 Å². The average molecular weight is 526 g/mol. The Morgan fingerprint density at radius 2 is 1.74 bits per heavy atom. The predicted molar refractivity (Wildman–Crippen MR) is 139 cm³/mol. The second kappa shape index (κ2) is 12.0. The number of hydrogen-bond donors (Lipinski definition) is 1. The van der Waals surface area contributed by atoms with Crippen LogP contribution >= 0.6 is 23.2 Å². The summed E-state index contributed by atoms with van der Waals surface area (Å²) in [5.74, 6) is 1.64. The maximum atomic E-state index is 12.5. The van der Waals surface area contributed by atoms with Gasteiger partial charge in [-0.25, -0.2) is 13.1 Å². The Bertz CT molecular complexity index is 1020. The van der Waals surface area contributed by atoms with Crippen molar-refractivity contribution in [2.45, 2.75) is 54.8 Å². The topological polar surface area (TPSA) is 65.5 Å². The largest absolute Gasteiger partial charge is 0.369 e. The van der Waals surface area contributed by atoms with Gasteiger partial charge in [-0.15, -0.1) is 23.2 Å². The summed E-state index contributed by atoms with van der Waals surface area (Å²) in [4.78, 5) is 9.15. The van der Waals surface area contributed by atoms with Crippen LogP contribution in [-0.4, -0.2) is 57.1 Å². The molecule has 0 unspecified atom stereocenters. The van der Waals surface area contributed by atoms with Crippen LogP contribution < -0.4 is 9.62 Å². The van der Waals surface area contributed by atoms with Gasteiger partial charge in [0.15, 0.2) is 0 Å². The first-order valence-corrected chi connectivity index (χ1v) is 14.7. The summed E-state index contributed by atoms with van der Waals surface area (Å²) >= 11 is 12.3. The zero-order valence-electron chi connectivity index (χ0n) is 19.5. The lowest BCUT2D eigenvalue weighted by atomic mass is 9.84. The molecule has 2 aliphatic rings. The lowest BCUT2D eigenvalue weighted by molar-refractivity contribution is 0.214. The van der Waals surface area contributed by atoms with Crippen molar-refractivity contribution in [1.82, 2.24) is 14.6 Å². The van der Waals surface area contributed by atoms with E-state index in [4.69, 9.17) is 23.2 Å². The van der Waals surface area contributed by atoms with Crippen molar-refractivity contribution in [2.75, 3.05) is 37.6 Å². The Balaban J connectivity index is 1.19. The Morgan fingerprint density at radius 1 is 0.971 bits per heavy atom. The number of nitrogens with zero attached hydrogens (tertiary/aromatic N) is 3. The molecule has 34 heavy (non-hydrogen) atoms. The third kappa shape index (κ3) is 6.43. The first-order chi connectivity index (χ1) is 16.5. The maximum absolute atomic E-state index is 12.5. The van der Waals surface area contributed by atoms with E-state index in [9.17, 15) is 8.42 Å². The number of halogens is 2. The van der Waals surface area contributed by atoms with Gasteiger partial charge >= 0.3 is 0 Å². The fourth-order valence-corrected chi connectivity index (χ4v) is 6.96. The monoisotopic (exact) mass is 524 g/mol. The summed E-state index contributed by atoms with van der Waals surface area (Å²) < 4.78 is 28.0. The van der Waals surface area contributed by atoms with E-state index in [1.54, 1.807) is 18.3 Å². The van der Waals surface area contributed by atoms with Gasteiger partial charge in [-0.1, -0.05) is 12.1 Å².